The SMILES string of the molecule is CCCCCCCCCCCCOP(=O)(OCCCCCCCC)OCCCCCCCC.N. The van der Waals surface area contributed by atoms with Crippen molar-refractivity contribution in [3.05, 3.63) is 0 Å². The summed E-state index contributed by atoms with van der Waals surface area (Å²) in [4.78, 5) is 0. The summed E-state index contributed by atoms with van der Waals surface area (Å²) in [5.41, 5.74) is 0. The van der Waals surface area contributed by atoms with E-state index in [1.807, 2.05) is 0 Å². The number of hydrogen-bond donors (Lipinski definition) is 1. The molecule has 0 spiro atoms. The molecule has 34 heavy (non-hydrogen) atoms. The average Bonchev–Trinajstić information content (AvgIpc) is 2.81. The molecule has 6 heteroatoms. The molecule has 0 rings (SSSR count). The van der Waals surface area contributed by atoms with Gasteiger partial charge in [-0.05, 0) is 19.3 Å². The second-order valence-corrected chi connectivity index (χ2v) is 11.3. The third-order valence-electron chi connectivity index (χ3n) is 6.24. The molecule has 0 aromatic heterocycles. The Kier molecular flexibility index (Phi) is 31.2. The maximum atomic E-state index is 13.1. The predicted molar refractivity (Wildman–Crippen MR) is 149 cm³/mol. The first-order valence-corrected chi connectivity index (χ1v) is 16.2. The maximum Gasteiger partial charge on any atom is 0.474 e. The Bertz CT molecular complexity index is 401. The van der Waals surface area contributed by atoms with E-state index in [9.17, 15) is 4.57 Å². The average molecular weight is 508 g/mol. The van der Waals surface area contributed by atoms with Gasteiger partial charge in [-0.15, -0.1) is 0 Å². The molecule has 208 valence electrons. The summed E-state index contributed by atoms with van der Waals surface area (Å²) >= 11 is 0. The Hall–Kier alpha value is 0.0700. The van der Waals surface area contributed by atoms with E-state index >= 15 is 0 Å². The van der Waals surface area contributed by atoms with Crippen LogP contribution in [0.5, 0.6) is 0 Å². The molecule has 0 aromatic rings. The first-order valence-electron chi connectivity index (χ1n) is 14.7. The lowest BCUT2D eigenvalue weighted by molar-refractivity contribution is 0.108. The molecule has 0 bridgehead atoms. The fraction of sp³-hybridized carbons (Fsp3) is 1.00. The second-order valence-electron chi connectivity index (χ2n) is 9.66. The van der Waals surface area contributed by atoms with E-state index in [4.69, 9.17) is 13.6 Å². The van der Waals surface area contributed by atoms with E-state index in [-0.39, 0.29) is 6.15 Å². The molecular formula is C28H62NO4P. The molecule has 0 aliphatic carbocycles. The molecule has 0 aliphatic rings. The smallest absolute Gasteiger partial charge is 0.344 e. The van der Waals surface area contributed by atoms with Crippen molar-refractivity contribution >= 4 is 7.82 Å². The van der Waals surface area contributed by atoms with Crippen molar-refractivity contribution in [3.63, 3.8) is 0 Å². The van der Waals surface area contributed by atoms with Gasteiger partial charge in [0.25, 0.3) is 0 Å². The van der Waals surface area contributed by atoms with E-state index < -0.39 is 7.82 Å². The number of hydrogen-bond acceptors (Lipinski definition) is 5. The largest absolute Gasteiger partial charge is 0.474 e. The number of rotatable bonds is 28. The van der Waals surface area contributed by atoms with E-state index in [2.05, 4.69) is 20.8 Å². The molecule has 3 N–H and O–H groups in total. The van der Waals surface area contributed by atoms with Crippen LogP contribution in [0, 0.1) is 0 Å². The van der Waals surface area contributed by atoms with Crippen LogP contribution in [0.2, 0.25) is 0 Å². The van der Waals surface area contributed by atoms with Crippen LogP contribution < -0.4 is 6.15 Å². The summed E-state index contributed by atoms with van der Waals surface area (Å²) in [5, 5.41) is 0. The summed E-state index contributed by atoms with van der Waals surface area (Å²) in [6.45, 7) is 8.13. The molecule has 0 atom stereocenters. The van der Waals surface area contributed by atoms with Crippen molar-refractivity contribution in [2.75, 3.05) is 19.8 Å². The van der Waals surface area contributed by atoms with Crippen molar-refractivity contribution in [3.8, 4) is 0 Å². The van der Waals surface area contributed by atoms with Gasteiger partial charge in [-0.2, -0.15) is 0 Å². The lowest BCUT2D eigenvalue weighted by Crippen LogP contribution is -2.04. The van der Waals surface area contributed by atoms with Crippen LogP contribution in [0.1, 0.15) is 162 Å². The molecule has 0 fully saturated rings. The van der Waals surface area contributed by atoms with Gasteiger partial charge in [0.15, 0.2) is 0 Å². The van der Waals surface area contributed by atoms with Gasteiger partial charge in [0.1, 0.15) is 0 Å². The molecular weight excluding hydrogens is 445 g/mol. The molecule has 5 nitrogen and oxygen atoms in total. The fourth-order valence-electron chi connectivity index (χ4n) is 4.00. The standard InChI is InChI=1S/C28H59O4P.H3N/c1-4-7-10-13-16-17-18-19-22-25-28-32-33(29,30-26-23-20-14-11-8-5-2)31-27-24-21-15-12-9-6-3;/h4-28H2,1-3H3;1H3. The number of phosphoric ester groups is 1. The van der Waals surface area contributed by atoms with Gasteiger partial charge in [-0.3, -0.25) is 13.6 Å². The normalized spacial score (nSPS) is 11.6. The van der Waals surface area contributed by atoms with Crippen LogP contribution in [0.3, 0.4) is 0 Å². The predicted octanol–water partition coefficient (Wildman–Crippen LogP) is 10.9. The molecule has 0 radical (unpaired) electrons. The van der Waals surface area contributed by atoms with E-state index in [0.29, 0.717) is 19.8 Å². The Balaban J connectivity index is 0. The highest BCUT2D eigenvalue weighted by Gasteiger charge is 2.26. The highest BCUT2D eigenvalue weighted by atomic mass is 31.2. The van der Waals surface area contributed by atoms with Gasteiger partial charge >= 0.3 is 7.82 Å². The quantitative estimate of drug-likeness (QED) is 0.0841. The summed E-state index contributed by atoms with van der Waals surface area (Å²) in [5.74, 6) is 0. The Morgan fingerprint density at radius 2 is 0.588 bits per heavy atom. The molecule has 0 aromatic carbocycles. The van der Waals surface area contributed by atoms with E-state index in [0.717, 1.165) is 38.5 Å². The monoisotopic (exact) mass is 507 g/mol. The number of phosphoric acid groups is 1. The third kappa shape index (κ3) is 26.7. The molecule has 0 saturated heterocycles. The summed E-state index contributed by atoms with van der Waals surface area (Å²) in [6.07, 6.45) is 26.9. The first-order chi connectivity index (χ1) is 16.2. The lowest BCUT2D eigenvalue weighted by atomic mass is 10.1. The first kappa shape index (κ1) is 36.2. The van der Waals surface area contributed by atoms with Crippen LogP contribution >= 0.6 is 7.82 Å². The highest BCUT2D eigenvalue weighted by Crippen LogP contribution is 2.50. The van der Waals surface area contributed by atoms with Gasteiger partial charge in [-0.25, -0.2) is 4.57 Å². The second kappa shape index (κ2) is 29.3. The van der Waals surface area contributed by atoms with Gasteiger partial charge < -0.3 is 6.15 Å². The minimum absolute atomic E-state index is 0. The van der Waals surface area contributed by atoms with Crippen LogP contribution in [-0.2, 0) is 18.1 Å². The maximum absolute atomic E-state index is 13.1. The van der Waals surface area contributed by atoms with Crippen LogP contribution in [0.15, 0.2) is 0 Å². The summed E-state index contributed by atoms with van der Waals surface area (Å²) in [6, 6.07) is 0. The molecule has 0 unspecified atom stereocenters. The summed E-state index contributed by atoms with van der Waals surface area (Å²) in [7, 11) is -3.42. The van der Waals surface area contributed by atoms with Crippen molar-refractivity contribution in [2.45, 2.75) is 162 Å². The Labute approximate surface area is 214 Å². The van der Waals surface area contributed by atoms with E-state index in [1.165, 1.54) is 103 Å². The van der Waals surface area contributed by atoms with Gasteiger partial charge in [0.05, 0.1) is 19.8 Å². The highest BCUT2D eigenvalue weighted by molar-refractivity contribution is 7.48. The van der Waals surface area contributed by atoms with Gasteiger partial charge in [-0.1, -0.05) is 143 Å². The molecule has 0 heterocycles. The Morgan fingerprint density at radius 1 is 0.382 bits per heavy atom. The third-order valence-corrected chi connectivity index (χ3v) is 7.74. The van der Waals surface area contributed by atoms with Crippen molar-refractivity contribution < 1.29 is 18.1 Å². The van der Waals surface area contributed by atoms with Gasteiger partial charge in [0, 0.05) is 0 Å². The zero-order chi connectivity index (χ0) is 24.3. The molecule has 0 amide bonds. The van der Waals surface area contributed by atoms with E-state index in [1.54, 1.807) is 0 Å². The minimum atomic E-state index is -3.42. The molecule has 0 saturated carbocycles. The topological polar surface area (TPSA) is 79.8 Å². The van der Waals surface area contributed by atoms with Crippen LogP contribution in [-0.4, -0.2) is 19.8 Å². The zero-order valence-corrected chi connectivity index (χ0v) is 24.4. The lowest BCUT2D eigenvalue weighted by Gasteiger charge is -2.18. The summed E-state index contributed by atoms with van der Waals surface area (Å²) < 4.78 is 30.1. The Morgan fingerprint density at radius 3 is 0.824 bits per heavy atom. The van der Waals surface area contributed by atoms with Crippen LogP contribution in [0.4, 0.5) is 0 Å². The zero-order valence-electron chi connectivity index (χ0n) is 23.5. The van der Waals surface area contributed by atoms with Crippen molar-refractivity contribution in [1.29, 1.82) is 0 Å². The molecule has 0 aliphatic heterocycles. The van der Waals surface area contributed by atoms with Crippen LogP contribution in [0.25, 0.3) is 0 Å². The minimum Gasteiger partial charge on any atom is -0.344 e. The fourth-order valence-corrected chi connectivity index (χ4v) is 5.28. The van der Waals surface area contributed by atoms with Gasteiger partial charge in [0.2, 0.25) is 0 Å². The van der Waals surface area contributed by atoms with Crippen molar-refractivity contribution in [2.24, 2.45) is 0 Å². The number of unbranched alkanes of at least 4 members (excludes halogenated alkanes) is 19. The van der Waals surface area contributed by atoms with Crippen molar-refractivity contribution in [1.82, 2.24) is 6.15 Å².